The summed E-state index contributed by atoms with van der Waals surface area (Å²) in [5.41, 5.74) is 2.34. The Hall–Kier alpha value is -1.71. The van der Waals surface area contributed by atoms with Crippen LogP contribution in [0.5, 0.6) is 5.75 Å². The van der Waals surface area contributed by atoms with Crippen molar-refractivity contribution in [3.63, 3.8) is 0 Å². The minimum absolute atomic E-state index is 0.696. The third-order valence-corrected chi connectivity index (χ3v) is 4.77. The molecule has 2 aromatic carbocycles. The van der Waals surface area contributed by atoms with Gasteiger partial charge in [0.05, 0.1) is 17.1 Å². The van der Waals surface area contributed by atoms with Gasteiger partial charge >= 0.3 is 0 Å². The molecule has 0 amide bonds. The molecule has 0 aliphatic rings. The molecule has 3 aromatic rings. The summed E-state index contributed by atoms with van der Waals surface area (Å²) in [4.78, 5) is 4.71. The Kier molecular flexibility index (Phi) is 5.42. The Labute approximate surface area is 145 Å². The van der Waals surface area contributed by atoms with Crippen molar-refractivity contribution in [2.45, 2.75) is 18.4 Å². The van der Waals surface area contributed by atoms with E-state index in [4.69, 9.17) is 21.3 Å². The molecule has 1 aromatic heterocycles. The molecule has 2 nitrogen and oxygen atoms in total. The largest absolute Gasteiger partial charge is 0.494 e. The highest BCUT2D eigenvalue weighted by Crippen LogP contribution is 2.24. The van der Waals surface area contributed by atoms with Gasteiger partial charge in [0.15, 0.2) is 0 Å². The first-order chi connectivity index (χ1) is 11.2. The topological polar surface area (TPSA) is 22.1 Å². The van der Waals surface area contributed by atoms with Gasteiger partial charge < -0.3 is 4.74 Å². The third-order valence-electron chi connectivity index (χ3n) is 3.52. The van der Waals surface area contributed by atoms with Crippen LogP contribution in [-0.4, -0.2) is 17.3 Å². The van der Waals surface area contributed by atoms with Gasteiger partial charge in [-0.3, -0.25) is 0 Å². The lowest BCUT2D eigenvalue weighted by molar-refractivity contribution is 0.318. The molecule has 0 spiro atoms. The summed E-state index contributed by atoms with van der Waals surface area (Å²) in [6.07, 6.45) is 0.973. The highest BCUT2D eigenvalue weighted by molar-refractivity contribution is 7.99. The molecule has 0 radical (unpaired) electrons. The Morgan fingerprint density at radius 2 is 1.87 bits per heavy atom. The molecule has 0 aliphatic heterocycles. The van der Waals surface area contributed by atoms with Crippen molar-refractivity contribution < 1.29 is 4.74 Å². The van der Waals surface area contributed by atoms with E-state index in [1.165, 1.54) is 10.9 Å². The van der Waals surface area contributed by atoms with Crippen LogP contribution in [0.1, 0.15) is 12.0 Å². The Balaban J connectivity index is 1.50. The highest BCUT2D eigenvalue weighted by Gasteiger charge is 2.03. The van der Waals surface area contributed by atoms with Crippen molar-refractivity contribution in [1.29, 1.82) is 0 Å². The van der Waals surface area contributed by atoms with Crippen molar-refractivity contribution in [3.05, 3.63) is 65.2 Å². The van der Waals surface area contributed by atoms with Crippen LogP contribution in [0.3, 0.4) is 0 Å². The second-order valence-corrected chi connectivity index (χ2v) is 6.85. The Bertz CT molecular complexity index is 789. The van der Waals surface area contributed by atoms with E-state index in [2.05, 4.69) is 31.2 Å². The van der Waals surface area contributed by atoms with Crippen LogP contribution in [0, 0.1) is 6.92 Å². The summed E-state index contributed by atoms with van der Waals surface area (Å²) in [5.74, 6) is 1.84. The molecule has 0 saturated heterocycles. The summed E-state index contributed by atoms with van der Waals surface area (Å²) in [6, 6.07) is 17.9. The average Bonchev–Trinajstić information content (AvgIpc) is 2.56. The maximum atomic E-state index is 5.85. The van der Waals surface area contributed by atoms with Crippen LogP contribution in [-0.2, 0) is 0 Å². The van der Waals surface area contributed by atoms with E-state index in [1.807, 2.05) is 30.3 Å². The predicted octanol–water partition coefficient (Wildman–Crippen LogP) is 5.76. The fraction of sp³-hybridized carbons (Fsp3) is 0.211. The van der Waals surface area contributed by atoms with Gasteiger partial charge in [-0.05, 0) is 55.3 Å². The van der Waals surface area contributed by atoms with Gasteiger partial charge in [-0.1, -0.05) is 29.8 Å². The Morgan fingerprint density at radius 3 is 2.70 bits per heavy atom. The first-order valence-electron chi connectivity index (χ1n) is 7.60. The number of aromatic nitrogens is 1. The van der Waals surface area contributed by atoms with E-state index >= 15 is 0 Å². The van der Waals surface area contributed by atoms with Crippen molar-refractivity contribution in [2.75, 3.05) is 12.4 Å². The lowest BCUT2D eigenvalue weighted by Crippen LogP contribution is -1.98. The number of fused-ring (bicyclic) bond motifs is 1. The van der Waals surface area contributed by atoms with Gasteiger partial charge in [-0.2, -0.15) is 0 Å². The van der Waals surface area contributed by atoms with Gasteiger partial charge in [-0.15, -0.1) is 11.8 Å². The molecule has 4 heteroatoms. The maximum absolute atomic E-state index is 5.85. The van der Waals surface area contributed by atoms with Gasteiger partial charge in [0.2, 0.25) is 0 Å². The van der Waals surface area contributed by atoms with E-state index in [9.17, 15) is 0 Å². The first kappa shape index (κ1) is 16.2. The molecule has 0 unspecified atom stereocenters. The van der Waals surface area contributed by atoms with Crippen LogP contribution in [0.2, 0.25) is 5.02 Å². The molecule has 0 fully saturated rings. The van der Waals surface area contributed by atoms with Crippen molar-refractivity contribution in [1.82, 2.24) is 4.98 Å². The van der Waals surface area contributed by atoms with E-state index in [0.29, 0.717) is 6.61 Å². The predicted molar refractivity (Wildman–Crippen MR) is 98.8 cm³/mol. The summed E-state index contributed by atoms with van der Waals surface area (Å²) in [5, 5.41) is 3.03. The normalized spacial score (nSPS) is 10.9. The number of pyridine rings is 1. The van der Waals surface area contributed by atoms with Crippen molar-refractivity contribution in [3.8, 4) is 5.75 Å². The van der Waals surface area contributed by atoms with Gasteiger partial charge in [0.1, 0.15) is 5.75 Å². The summed E-state index contributed by atoms with van der Waals surface area (Å²) >= 11 is 7.63. The quantitative estimate of drug-likeness (QED) is 0.419. The summed E-state index contributed by atoms with van der Waals surface area (Å²) < 4.78 is 5.70. The number of halogens is 1. The van der Waals surface area contributed by atoms with Crippen LogP contribution in [0.15, 0.2) is 59.6 Å². The van der Waals surface area contributed by atoms with Crippen LogP contribution in [0.25, 0.3) is 10.9 Å². The van der Waals surface area contributed by atoms with E-state index < -0.39 is 0 Å². The number of nitrogens with zero attached hydrogens (tertiary/aromatic N) is 1. The molecular weight excluding hydrogens is 326 g/mol. The zero-order chi connectivity index (χ0) is 16.1. The molecule has 0 atom stereocenters. The number of rotatable bonds is 6. The van der Waals surface area contributed by atoms with Gasteiger partial charge in [0, 0.05) is 16.2 Å². The third kappa shape index (κ3) is 4.40. The van der Waals surface area contributed by atoms with Crippen LogP contribution >= 0.6 is 23.4 Å². The monoisotopic (exact) mass is 343 g/mol. The zero-order valence-corrected chi connectivity index (χ0v) is 14.5. The SMILES string of the molecule is Cc1cc(SCCCOc2ccc(Cl)cc2)nc2ccccc12. The summed E-state index contributed by atoms with van der Waals surface area (Å²) in [7, 11) is 0. The second-order valence-electron chi connectivity index (χ2n) is 5.30. The smallest absolute Gasteiger partial charge is 0.119 e. The zero-order valence-electron chi connectivity index (χ0n) is 13.0. The number of hydrogen-bond donors (Lipinski definition) is 0. The molecule has 0 aliphatic carbocycles. The maximum Gasteiger partial charge on any atom is 0.119 e. The number of hydrogen-bond acceptors (Lipinski definition) is 3. The van der Waals surface area contributed by atoms with E-state index in [1.54, 1.807) is 11.8 Å². The van der Waals surface area contributed by atoms with Gasteiger partial charge in [0.25, 0.3) is 0 Å². The standard InChI is InChI=1S/C19H18ClNOS/c1-14-13-19(21-18-6-3-2-5-17(14)18)23-12-4-11-22-16-9-7-15(20)8-10-16/h2-3,5-10,13H,4,11-12H2,1H3. The molecule has 0 N–H and O–H groups in total. The van der Waals surface area contributed by atoms with E-state index in [0.717, 1.165) is 33.5 Å². The lowest BCUT2D eigenvalue weighted by Gasteiger charge is -2.07. The van der Waals surface area contributed by atoms with Crippen molar-refractivity contribution in [2.24, 2.45) is 0 Å². The average molecular weight is 344 g/mol. The van der Waals surface area contributed by atoms with Crippen molar-refractivity contribution >= 4 is 34.3 Å². The van der Waals surface area contributed by atoms with Crippen LogP contribution in [0.4, 0.5) is 0 Å². The highest BCUT2D eigenvalue weighted by atomic mass is 35.5. The number of para-hydroxylation sites is 1. The molecule has 118 valence electrons. The minimum atomic E-state index is 0.696. The molecular formula is C19H18ClNOS. The fourth-order valence-corrected chi connectivity index (χ4v) is 3.37. The first-order valence-corrected chi connectivity index (χ1v) is 8.96. The molecule has 1 heterocycles. The number of thioether (sulfide) groups is 1. The Morgan fingerprint density at radius 1 is 1.09 bits per heavy atom. The van der Waals surface area contributed by atoms with E-state index in [-0.39, 0.29) is 0 Å². The fourth-order valence-electron chi connectivity index (χ4n) is 2.35. The number of aryl methyl sites for hydroxylation is 1. The molecule has 0 bridgehead atoms. The lowest BCUT2D eigenvalue weighted by atomic mass is 10.1. The second kappa shape index (κ2) is 7.71. The number of benzene rings is 2. The van der Waals surface area contributed by atoms with Crippen LogP contribution < -0.4 is 4.74 Å². The number of ether oxygens (including phenoxy) is 1. The van der Waals surface area contributed by atoms with Gasteiger partial charge in [-0.25, -0.2) is 4.98 Å². The summed E-state index contributed by atoms with van der Waals surface area (Å²) in [6.45, 7) is 2.83. The molecule has 3 rings (SSSR count). The minimum Gasteiger partial charge on any atom is -0.494 e. The molecule has 0 saturated carbocycles. The molecule has 23 heavy (non-hydrogen) atoms.